The molecule has 0 amide bonds. The van der Waals surface area contributed by atoms with Crippen molar-refractivity contribution in [2.45, 2.75) is 31.4 Å². The van der Waals surface area contributed by atoms with E-state index in [1.54, 1.807) is 17.7 Å². The number of aromatic nitrogens is 2. The van der Waals surface area contributed by atoms with Crippen LogP contribution < -0.4 is 10.5 Å². The van der Waals surface area contributed by atoms with Crippen LogP contribution in [-0.4, -0.2) is 22.1 Å². The van der Waals surface area contributed by atoms with E-state index in [4.69, 9.17) is 10.5 Å². The predicted molar refractivity (Wildman–Crippen MR) is 63.7 cm³/mol. The molecule has 2 N–H and O–H groups in total. The summed E-state index contributed by atoms with van der Waals surface area (Å²) in [5.74, 6) is 0.675. The number of hydrogen-bond acceptors (Lipinski definition) is 5. The lowest BCUT2D eigenvalue weighted by Crippen LogP contribution is -2.33. The summed E-state index contributed by atoms with van der Waals surface area (Å²) in [4.78, 5) is 9.36. The third-order valence-corrected chi connectivity index (χ3v) is 3.81. The Bertz CT molecular complexity index is 499. The van der Waals surface area contributed by atoms with Gasteiger partial charge in [0.15, 0.2) is 0 Å². The highest BCUT2D eigenvalue weighted by molar-refractivity contribution is 7.16. The molecule has 2 aromatic heterocycles. The van der Waals surface area contributed by atoms with E-state index in [0.717, 1.165) is 29.5 Å². The first kappa shape index (κ1) is 9.99. The topological polar surface area (TPSA) is 61.0 Å². The Morgan fingerprint density at radius 1 is 1.38 bits per heavy atom. The van der Waals surface area contributed by atoms with Crippen molar-refractivity contribution in [1.82, 2.24) is 9.97 Å². The minimum absolute atomic E-state index is 0.109. The lowest BCUT2D eigenvalue weighted by atomic mass is 10.2. The maximum Gasteiger partial charge on any atom is 0.225 e. The second-order valence-electron chi connectivity index (χ2n) is 4.07. The van der Waals surface area contributed by atoms with Gasteiger partial charge in [-0.3, -0.25) is 0 Å². The average Bonchev–Trinajstić information content (AvgIpc) is 2.89. The molecule has 0 saturated heterocycles. The average molecular weight is 235 g/mol. The lowest BCUT2D eigenvalue weighted by Gasteiger charge is -2.17. The Morgan fingerprint density at radius 2 is 2.31 bits per heavy atom. The standard InChI is InChI=1S/C11H13N3OS/c12-8-2-1-3-9(8)15-10-7-4-5-16-11(7)14-6-13-10/h4-6,8-9H,1-3,12H2. The van der Waals surface area contributed by atoms with Crippen LogP contribution in [0.5, 0.6) is 5.88 Å². The summed E-state index contributed by atoms with van der Waals surface area (Å²) in [6.07, 6.45) is 4.87. The van der Waals surface area contributed by atoms with Crippen molar-refractivity contribution in [2.75, 3.05) is 0 Å². The molecule has 3 rings (SSSR count). The van der Waals surface area contributed by atoms with Crippen molar-refractivity contribution in [2.24, 2.45) is 5.73 Å². The fourth-order valence-corrected chi connectivity index (χ4v) is 2.83. The summed E-state index contributed by atoms with van der Waals surface area (Å²) in [5, 5.41) is 2.99. The monoisotopic (exact) mass is 235 g/mol. The number of nitrogens with two attached hydrogens (primary N) is 1. The molecule has 2 aromatic rings. The van der Waals surface area contributed by atoms with Gasteiger partial charge in [-0.05, 0) is 30.7 Å². The van der Waals surface area contributed by atoms with Crippen molar-refractivity contribution in [1.29, 1.82) is 0 Å². The molecule has 4 nitrogen and oxygen atoms in total. The second kappa shape index (κ2) is 3.99. The van der Waals surface area contributed by atoms with Crippen LogP contribution in [0.3, 0.4) is 0 Å². The van der Waals surface area contributed by atoms with Crippen molar-refractivity contribution in [3.05, 3.63) is 17.8 Å². The van der Waals surface area contributed by atoms with Crippen molar-refractivity contribution in [3.63, 3.8) is 0 Å². The van der Waals surface area contributed by atoms with E-state index < -0.39 is 0 Å². The highest BCUT2D eigenvalue weighted by atomic mass is 32.1. The van der Waals surface area contributed by atoms with Crippen LogP contribution in [0.2, 0.25) is 0 Å². The number of ether oxygens (including phenoxy) is 1. The van der Waals surface area contributed by atoms with Crippen molar-refractivity contribution in [3.8, 4) is 5.88 Å². The molecular weight excluding hydrogens is 222 g/mol. The number of rotatable bonds is 2. The van der Waals surface area contributed by atoms with Crippen LogP contribution in [0, 0.1) is 0 Å². The molecule has 0 bridgehead atoms. The zero-order chi connectivity index (χ0) is 11.0. The molecule has 2 heterocycles. The first-order valence-corrected chi connectivity index (χ1v) is 6.33. The van der Waals surface area contributed by atoms with Crippen LogP contribution in [0.15, 0.2) is 17.8 Å². The molecule has 1 saturated carbocycles. The molecular formula is C11H13N3OS. The normalized spacial score (nSPS) is 25.1. The lowest BCUT2D eigenvalue weighted by molar-refractivity contribution is 0.186. The van der Waals surface area contributed by atoms with E-state index >= 15 is 0 Å². The second-order valence-corrected chi connectivity index (χ2v) is 4.96. The SMILES string of the molecule is NC1CCCC1Oc1ncnc2sccc12. The van der Waals surface area contributed by atoms with Gasteiger partial charge in [-0.1, -0.05) is 0 Å². The molecule has 0 spiro atoms. The molecule has 1 aliphatic carbocycles. The van der Waals surface area contributed by atoms with Crippen LogP contribution in [-0.2, 0) is 0 Å². The first-order chi connectivity index (χ1) is 7.84. The molecule has 16 heavy (non-hydrogen) atoms. The van der Waals surface area contributed by atoms with Gasteiger partial charge in [0.05, 0.1) is 5.39 Å². The zero-order valence-corrected chi connectivity index (χ0v) is 9.61. The Balaban J connectivity index is 1.91. The highest BCUT2D eigenvalue weighted by Gasteiger charge is 2.26. The number of hydrogen-bond donors (Lipinski definition) is 1. The number of fused-ring (bicyclic) bond motifs is 1. The van der Waals surface area contributed by atoms with Gasteiger partial charge in [0, 0.05) is 6.04 Å². The van der Waals surface area contributed by atoms with Gasteiger partial charge in [-0.25, -0.2) is 9.97 Å². The quantitative estimate of drug-likeness (QED) is 0.864. The van der Waals surface area contributed by atoms with Gasteiger partial charge in [0.1, 0.15) is 17.3 Å². The first-order valence-electron chi connectivity index (χ1n) is 5.45. The fourth-order valence-electron chi connectivity index (χ4n) is 2.11. The molecule has 0 aliphatic heterocycles. The molecule has 0 radical (unpaired) electrons. The van der Waals surface area contributed by atoms with E-state index in [0.29, 0.717) is 5.88 Å². The molecule has 5 heteroatoms. The Kier molecular flexibility index (Phi) is 2.49. The number of nitrogens with zero attached hydrogens (tertiary/aromatic N) is 2. The zero-order valence-electron chi connectivity index (χ0n) is 8.80. The van der Waals surface area contributed by atoms with Gasteiger partial charge >= 0.3 is 0 Å². The Hall–Kier alpha value is -1.20. The summed E-state index contributed by atoms with van der Waals surface area (Å²) in [6, 6.07) is 2.14. The highest BCUT2D eigenvalue weighted by Crippen LogP contribution is 2.29. The summed E-state index contributed by atoms with van der Waals surface area (Å²) in [5.41, 5.74) is 5.98. The molecule has 2 atom stereocenters. The maximum absolute atomic E-state index is 5.98. The van der Waals surface area contributed by atoms with Crippen molar-refractivity contribution >= 4 is 21.6 Å². The Morgan fingerprint density at radius 3 is 3.12 bits per heavy atom. The van der Waals surface area contributed by atoms with E-state index in [2.05, 4.69) is 9.97 Å². The smallest absolute Gasteiger partial charge is 0.225 e. The minimum atomic E-state index is 0.109. The summed E-state index contributed by atoms with van der Waals surface area (Å²) >= 11 is 1.60. The minimum Gasteiger partial charge on any atom is -0.472 e. The number of thiophene rings is 1. The van der Waals surface area contributed by atoms with Crippen LogP contribution in [0.4, 0.5) is 0 Å². The van der Waals surface area contributed by atoms with Crippen LogP contribution in [0.1, 0.15) is 19.3 Å². The van der Waals surface area contributed by atoms with E-state index in [1.165, 1.54) is 0 Å². The molecule has 84 valence electrons. The van der Waals surface area contributed by atoms with E-state index in [-0.39, 0.29) is 12.1 Å². The largest absolute Gasteiger partial charge is 0.472 e. The van der Waals surface area contributed by atoms with Gasteiger partial charge < -0.3 is 10.5 Å². The fraction of sp³-hybridized carbons (Fsp3) is 0.455. The molecule has 2 unspecified atom stereocenters. The molecule has 1 fully saturated rings. The van der Waals surface area contributed by atoms with E-state index in [9.17, 15) is 0 Å². The van der Waals surface area contributed by atoms with Gasteiger partial charge in [-0.15, -0.1) is 11.3 Å². The summed E-state index contributed by atoms with van der Waals surface area (Å²) in [7, 11) is 0. The van der Waals surface area contributed by atoms with Gasteiger partial charge in [0.25, 0.3) is 0 Å². The Labute approximate surface area is 97.5 Å². The summed E-state index contributed by atoms with van der Waals surface area (Å²) in [6.45, 7) is 0. The maximum atomic E-state index is 5.98. The molecule has 1 aliphatic rings. The third kappa shape index (κ3) is 1.66. The molecule has 0 aromatic carbocycles. The van der Waals surface area contributed by atoms with E-state index in [1.807, 2.05) is 11.4 Å². The van der Waals surface area contributed by atoms with Crippen LogP contribution >= 0.6 is 11.3 Å². The van der Waals surface area contributed by atoms with Crippen molar-refractivity contribution < 1.29 is 4.74 Å². The third-order valence-electron chi connectivity index (χ3n) is 2.99. The van der Waals surface area contributed by atoms with Gasteiger partial charge in [0.2, 0.25) is 5.88 Å². The van der Waals surface area contributed by atoms with Gasteiger partial charge in [-0.2, -0.15) is 0 Å². The predicted octanol–water partition coefficient (Wildman–Crippen LogP) is 1.95. The summed E-state index contributed by atoms with van der Waals surface area (Å²) < 4.78 is 5.89. The van der Waals surface area contributed by atoms with Crippen LogP contribution in [0.25, 0.3) is 10.2 Å².